The summed E-state index contributed by atoms with van der Waals surface area (Å²) >= 11 is 5.94. The van der Waals surface area contributed by atoms with Crippen molar-refractivity contribution in [1.29, 1.82) is 0 Å². The summed E-state index contributed by atoms with van der Waals surface area (Å²) in [7, 11) is 0. The number of likely N-dealkylation sites (tertiary alicyclic amines) is 1. The number of hydrogen-bond acceptors (Lipinski definition) is 2. The minimum atomic E-state index is -0.272. The summed E-state index contributed by atoms with van der Waals surface area (Å²) in [6.45, 7) is 3.00. The third-order valence-corrected chi connectivity index (χ3v) is 5.33. The first-order chi connectivity index (χ1) is 14.1. The van der Waals surface area contributed by atoms with Crippen molar-refractivity contribution in [2.75, 3.05) is 19.6 Å². The highest BCUT2D eigenvalue weighted by Gasteiger charge is 2.23. The van der Waals surface area contributed by atoms with E-state index in [1.807, 2.05) is 42.5 Å². The Morgan fingerprint density at radius 3 is 2.41 bits per heavy atom. The van der Waals surface area contributed by atoms with E-state index in [1.165, 1.54) is 16.5 Å². The highest BCUT2D eigenvalue weighted by molar-refractivity contribution is 6.30. The Hall–Kier alpha value is -2.63. The molecule has 6 heteroatoms. The zero-order valence-electron chi connectivity index (χ0n) is 16.4. The monoisotopic (exact) mass is 412 g/mol. The van der Waals surface area contributed by atoms with Crippen LogP contribution in [0.25, 0.3) is 6.08 Å². The molecule has 3 N–H and O–H groups in total. The fraction of sp³-hybridized carbons (Fsp3) is 0.304. The maximum Gasteiger partial charge on any atom is 0.244 e. The van der Waals surface area contributed by atoms with Crippen LogP contribution in [0.4, 0.5) is 0 Å². The van der Waals surface area contributed by atoms with Gasteiger partial charge >= 0.3 is 0 Å². The van der Waals surface area contributed by atoms with E-state index in [0.717, 1.165) is 43.1 Å². The van der Waals surface area contributed by atoms with Crippen molar-refractivity contribution < 1.29 is 14.5 Å². The van der Waals surface area contributed by atoms with Gasteiger partial charge in [0.25, 0.3) is 0 Å². The highest BCUT2D eigenvalue weighted by Crippen LogP contribution is 2.09. The van der Waals surface area contributed by atoms with E-state index in [-0.39, 0.29) is 24.4 Å². The molecule has 1 heterocycles. The lowest BCUT2D eigenvalue weighted by atomic mass is 10.0. The smallest absolute Gasteiger partial charge is 0.244 e. The summed E-state index contributed by atoms with van der Waals surface area (Å²) in [6, 6.07) is 17.7. The van der Waals surface area contributed by atoms with Crippen molar-refractivity contribution in [3.8, 4) is 0 Å². The molecule has 2 aromatic carbocycles. The number of carbonyl (C=O) groups excluding carboxylic acids is 2. The molecule has 0 unspecified atom stereocenters. The number of carbonyl (C=O) groups is 2. The van der Waals surface area contributed by atoms with Crippen LogP contribution in [0.15, 0.2) is 60.7 Å². The van der Waals surface area contributed by atoms with Crippen LogP contribution >= 0.6 is 11.6 Å². The zero-order valence-corrected chi connectivity index (χ0v) is 17.1. The van der Waals surface area contributed by atoms with E-state index >= 15 is 0 Å². The Morgan fingerprint density at radius 2 is 1.72 bits per heavy atom. The molecule has 0 aromatic heterocycles. The van der Waals surface area contributed by atoms with Crippen LogP contribution in [0.1, 0.15) is 24.0 Å². The van der Waals surface area contributed by atoms with Crippen LogP contribution in [-0.2, 0) is 16.1 Å². The second-order valence-corrected chi connectivity index (χ2v) is 7.79. The van der Waals surface area contributed by atoms with Gasteiger partial charge in [-0.3, -0.25) is 9.59 Å². The molecule has 5 nitrogen and oxygen atoms in total. The Bertz CT molecular complexity index is 829. The van der Waals surface area contributed by atoms with Gasteiger partial charge in [-0.2, -0.15) is 0 Å². The van der Waals surface area contributed by atoms with E-state index in [1.54, 1.807) is 6.08 Å². The lowest BCUT2D eigenvalue weighted by Gasteiger charge is -2.29. The number of quaternary nitrogens is 1. The number of hydrogen-bond donors (Lipinski definition) is 3. The van der Waals surface area contributed by atoms with E-state index in [2.05, 4.69) is 22.8 Å². The Morgan fingerprint density at radius 1 is 1.03 bits per heavy atom. The molecule has 3 rings (SSSR count). The van der Waals surface area contributed by atoms with Crippen LogP contribution < -0.4 is 15.5 Å². The van der Waals surface area contributed by atoms with Gasteiger partial charge in [0.1, 0.15) is 6.54 Å². The first kappa shape index (κ1) is 21.1. The minimum absolute atomic E-state index is 0.00416. The van der Waals surface area contributed by atoms with Crippen molar-refractivity contribution in [3.05, 3.63) is 76.8 Å². The normalized spacial score (nSPS) is 19.1. The molecule has 0 atom stereocenters. The van der Waals surface area contributed by atoms with Crippen LogP contribution in [0.2, 0.25) is 5.02 Å². The SMILES string of the molecule is O=C(/C=C/c1ccccc1)NCC(=O)NC1CC[NH+](Cc2ccc(Cl)cc2)CC1. The number of piperidine rings is 1. The predicted octanol–water partition coefficient (Wildman–Crippen LogP) is 1.83. The van der Waals surface area contributed by atoms with Gasteiger partial charge in [-0.15, -0.1) is 0 Å². The van der Waals surface area contributed by atoms with Gasteiger partial charge < -0.3 is 15.5 Å². The molecular formula is C23H27ClN3O2+. The summed E-state index contributed by atoms with van der Waals surface area (Å²) in [5.74, 6) is -0.413. The van der Waals surface area contributed by atoms with Gasteiger partial charge in [-0.05, 0) is 23.8 Å². The van der Waals surface area contributed by atoms with Crippen LogP contribution in [0, 0.1) is 0 Å². The highest BCUT2D eigenvalue weighted by atomic mass is 35.5. The maximum atomic E-state index is 12.1. The molecule has 0 aliphatic carbocycles. The molecule has 2 amide bonds. The van der Waals surface area contributed by atoms with Crippen LogP contribution in [0.3, 0.4) is 0 Å². The van der Waals surface area contributed by atoms with Crippen molar-refractivity contribution >= 4 is 29.5 Å². The average Bonchev–Trinajstić information content (AvgIpc) is 2.74. The number of amides is 2. The third kappa shape index (κ3) is 7.37. The first-order valence-electron chi connectivity index (χ1n) is 9.97. The molecule has 0 radical (unpaired) electrons. The summed E-state index contributed by atoms with van der Waals surface area (Å²) < 4.78 is 0. The number of rotatable bonds is 7. The second-order valence-electron chi connectivity index (χ2n) is 7.36. The molecule has 29 heavy (non-hydrogen) atoms. The van der Waals surface area contributed by atoms with Gasteiger partial charge in [-0.1, -0.05) is 54.1 Å². The first-order valence-corrected chi connectivity index (χ1v) is 10.3. The Balaban J connectivity index is 1.33. The Kier molecular flexibility index (Phi) is 7.85. The third-order valence-electron chi connectivity index (χ3n) is 5.08. The fourth-order valence-electron chi connectivity index (χ4n) is 3.48. The van der Waals surface area contributed by atoms with Gasteiger partial charge in [0.05, 0.1) is 19.6 Å². The van der Waals surface area contributed by atoms with Crippen molar-refractivity contribution in [3.63, 3.8) is 0 Å². The van der Waals surface area contributed by atoms with Crippen molar-refractivity contribution in [2.24, 2.45) is 0 Å². The minimum Gasteiger partial charge on any atom is -0.351 e. The lowest BCUT2D eigenvalue weighted by Crippen LogP contribution is -3.12. The molecule has 0 spiro atoms. The summed E-state index contributed by atoms with van der Waals surface area (Å²) in [5, 5.41) is 6.42. The molecule has 152 valence electrons. The second kappa shape index (κ2) is 10.8. The summed E-state index contributed by atoms with van der Waals surface area (Å²) in [6.07, 6.45) is 5.06. The largest absolute Gasteiger partial charge is 0.351 e. The molecule has 1 aliphatic rings. The summed E-state index contributed by atoms with van der Waals surface area (Å²) in [5.41, 5.74) is 2.22. The van der Waals surface area contributed by atoms with E-state index in [9.17, 15) is 9.59 Å². The maximum absolute atomic E-state index is 12.1. The molecule has 1 fully saturated rings. The van der Waals surface area contributed by atoms with Crippen molar-refractivity contribution in [1.82, 2.24) is 10.6 Å². The number of nitrogens with one attached hydrogen (secondary N) is 3. The number of halogens is 1. The molecule has 2 aromatic rings. The Labute approximate surface area is 176 Å². The average molecular weight is 413 g/mol. The van der Waals surface area contributed by atoms with Gasteiger partial charge in [-0.25, -0.2) is 0 Å². The van der Waals surface area contributed by atoms with Crippen molar-refractivity contribution in [2.45, 2.75) is 25.4 Å². The van der Waals surface area contributed by atoms with Crippen LogP contribution in [-0.4, -0.2) is 37.5 Å². The fourth-order valence-corrected chi connectivity index (χ4v) is 3.61. The van der Waals surface area contributed by atoms with Gasteiger partial charge in [0, 0.05) is 35.5 Å². The molecule has 1 saturated heterocycles. The van der Waals surface area contributed by atoms with Gasteiger partial charge in [0.2, 0.25) is 11.8 Å². The van der Waals surface area contributed by atoms with E-state index in [0.29, 0.717) is 0 Å². The van der Waals surface area contributed by atoms with E-state index in [4.69, 9.17) is 11.6 Å². The summed E-state index contributed by atoms with van der Waals surface area (Å²) in [4.78, 5) is 25.5. The zero-order chi connectivity index (χ0) is 20.5. The number of benzene rings is 2. The molecule has 0 saturated carbocycles. The predicted molar refractivity (Wildman–Crippen MR) is 116 cm³/mol. The molecule has 0 bridgehead atoms. The van der Waals surface area contributed by atoms with Gasteiger partial charge in [0.15, 0.2) is 0 Å². The topological polar surface area (TPSA) is 62.6 Å². The molecular weight excluding hydrogens is 386 g/mol. The standard InChI is InChI=1S/C23H26ClN3O2/c24-20-9-6-19(7-10-20)17-27-14-12-21(13-15-27)26-23(29)16-25-22(28)11-8-18-4-2-1-3-5-18/h1-11,21H,12-17H2,(H,25,28)(H,26,29)/p+1/b11-8+. The van der Waals surface area contributed by atoms with E-state index < -0.39 is 0 Å². The quantitative estimate of drug-likeness (QED) is 0.607. The van der Waals surface area contributed by atoms with Crippen LogP contribution in [0.5, 0.6) is 0 Å². The lowest BCUT2D eigenvalue weighted by molar-refractivity contribution is -0.918. The molecule has 1 aliphatic heterocycles.